The summed E-state index contributed by atoms with van der Waals surface area (Å²) < 4.78 is 0. The third kappa shape index (κ3) is 4.11. The Balaban J connectivity index is 1.27. The van der Waals surface area contributed by atoms with Crippen molar-refractivity contribution in [3.05, 3.63) is 72.1 Å². The topological polar surface area (TPSA) is 106 Å². The SMILES string of the molecule is CCNC(=NC)c1ccc2cc(-c3cnc(-c4cc5ccc(C6=NCCCN6)cc5[nH]4)nc3)[nH]c2c1. The number of aromatic amines is 2. The van der Waals surface area contributed by atoms with Crippen molar-refractivity contribution in [2.75, 3.05) is 26.7 Å². The van der Waals surface area contributed by atoms with Gasteiger partial charge in [0.1, 0.15) is 11.7 Å². The summed E-state index contributed by atoms with van der Waals surface area (Å²) in [5.41, 5.74) is 7.06. The van der Waals surface area contributed by atoms with Crippen LogP contribution in [-0.4, -0.2) is 58.3 Å². The van der Waals surface area contributed by atoms with Gasteiger partial charge in [0.25, 0.3) is 0 Å². The second-order valence-corrected chi connectivity index (χ2v) is 8.88. The van der Waals surface area contributed by atoms with Gasteiger partial charge in [0, 0.05) is 83.3 Å². The lowest BCUT2D eigenvalue weighted by atomic mass is 10.1. The van der Waals surface area contributed by atoms with Crippen LogP contribution in [0.25, 0.3) is 44.6 Å². The van der Waals surface area contributed by atoms with Gasteiger partial charge in [-0.05, 0) is 37.6 Å². The number of hydrogen-bond donors (Lipinski definition) is 4. The van der Waals surface area contributed by atoms with Crippen LogP contribution in [-0.2, 0) is 0 Å². The Kier molecular flexibility index (Phi) is 5.69. The quantitative estimate of drug-likeness (QED) is 0.221. The summed E-state index contributed by atoms with van der Waals surface area (Å²) in [4.78, 5) is 25.3. The number of fused-ring (bicyclic) bond motifs is 2. The van der Waals surface area contributed by atoms with E-state index in [0.717, 1.165) is 87.6 Å². The number of aromatic nitrogens is 4. The largest absolute Gasteiger partial charge is 0.370 e. The molecular formula is C28H28N8. The lowest BCUT2D eigenvalue weighted by Crippen LogP contribution is -2.30. The Morgan fingerprint density at radius 1 is 0.917 bits per heavy atom. The molecule has 8 heteroatoms. The highest BCUT2D eigenvalue weighted by atomic mass is 15.0. The standard InChI is InChI=1S/C28H28N8/c1-3-30-26(29-2)19-7-5-17-11-24(35-22(17)13-19)21-15-33-28(34-16-21)25-12-18-6-8-20(14-23(18)36-25)27-31-9-4-10-32-27/h5-8,11-16,35-36H,3-4,9-10H2,1-2H3,(H,29,30)(H,31,32). The van der Waals surface area contributed by atoms with Crippen molar-refractivity contribution in [3.63, 3.8) is 0 Å². The Morgan fingerprint density at radius 2 is 1.67 bits per heavy atom. The molecule has 5 aromatic rings. The van der Waals surface area contributed by atoms with Crippen LogP contribution in [0.15, 0.2) is 70.9 Å². The minimum absolute atomic E-state index is 0.664. The minimum atomic E-state index is 0.664. The summed E-state index contributed by atoms with van der Waals surface area (Å²) in [5.74, 6) is 2.51. The molecule has 8 nitrogen and oxygen atoms in total. The van der Waals surface area contributed by atoms with Gasteiger partial charge in [-0.1, -0.05) is 24.3 Å². The average Bonchev–Trinajstić information content (AvgIpc) is 3.56. The van der Waals surface area contributed by atoms with Gasteiger partial charge in [-0.25, -0.2) is 9.97 Å². The van der Waals surface area contributed by atoms with Crippen LogP contribution >= 0.6 is 0 Å². The van der Waals surface area contributed by atoms with E-state index in [1.165, 1.54) is 0 Å². The van der Waals surface area contributed by atoms with E-state index in [2.05, 4.69) is 96.0 Å². The maximum Gasteiger partial charge on any atom is 0.175 e. The molecule has 0 amide bonds. The van der Waals surface area contributed by atoms with E-state index in [9.17, 15) is 0 Å². The first kappa shape index (κ1) is 22.0. The lowest BCUT2D eigenvalue weighted by molar-refractivity contribution is 0.742. The molecule has 2 aromatic carbocycles. The molecule has 4 N–H and O–H groups in total. The second kappa shape index (κ2) is 9.30. The molecule has 6 rings (SSSR count). The molecule has 0 saturated heterocycles. The molecule has 0 radical (unpaired) electrons. The van der Waals surface area contributed by atoms with E-state index in [1.807, 2.05) is 12.4 Å². The van der Waals surface area contributed by atoms with Crippen LogP contribution < -0.4 is 10.6 Å². The van der Waals surface area contributed by atoms with Crippen LogP contribution in [0.2, 0.25) is 0 Å². The number of amidine groups is 2. The van der Waals surface area contributed by atoms with Crippen molar-refractivity contribution in [2.45, 2.75) is 13.3 Å². The minimum Gasteiger partial charge on any atom is -0.370 e. The van der Waals surface area contributed by atoms with E-state index < -0.39 is 0 Å². The fourth-order valence-electron chi connectivity index (χ4n) is 4.63. The Labute approximate surface area is 209 Å². The molecule has 0 spiro atoms. The maximum absolute atomic E-state index is 4.66. The molecule has 0 atom stereocenters. The summed E-state index contributed by atoms with van der Waals surface area (Å²) in [6, 6.07) is 16.9. The van der Waals surface area contributed by atoms with Gasteiger partial charge in [0.15, 0.2) is 5.82 Å². The monoisotopic (exact) mass is 476 g/mol. The molecule has 3 aromatic heterocycles. The zero-order chi connectivity index (χ0) is 24.5. The molecule has 0 fully saturated rings. The van der Waals surface area contributed by atoms with E-state index >= 15 is 0 Å². The molecular weight excluding hydrogens is 448 g/mol. The first-order valence-corrected chi connectivity index (χ1v) is 12.3. The number of nitrogens with one attached hydrogen (secondary N) is 4. The Morgan fingerprint density at radius 3 is 2.42 bits per heavy atom. The molecule has 0 bridgehead atoms. The smallest absolute Gasteiger partial charge is 0.175 e. The number of benzene rings is 2. The highest BCUT2D eigenvalue weighted by molar-refractivity contribution is 6.03. The number of rotatable bonds is 5. The normalized spacial score (nSPS) is 14.2. The number of aliphatic imine (C=N–C) groups is 2. The van der Waals surface area contributed by atoms with Crippen molar-refractivity contribution in [1.29, 1.82) is 0 Å². The number of hydrogen-bond acceptors (Lipinski definition) is 5. The zero-order valence-corrected chi connectivity index (χ0v) is 20.4. The molecule has 0 saturated carbocycles. The molecule has 4 heterocycles. The van der Waals surface area contributed by atoms with Gasteiger partial charge in [-0.2, -0.15) is 0 Å². The van der Waals surface area contributed by atoms with E-state index in [0.29, 0.717) is 5.82 Å². The molecule has 1 aliphatic rings. The van der Waals surface area contributed by atoms with Gasteiger partial charge in [-0.3, -0.25) is 9.98 Å². The summed E-state index contributed by atoms with van der Waals surface area (Å²) in [5, 5.41) is 8.95. The van der Waals surface area contributed by atoms with Crippen LogP contribution in [0.3, 0.4) is 0 Å². The molecule has 1 aliphatic heterocycles. The lowest BCUT2D eigenvalue weighted by Gasteiger charge is -2.14. The second-order valence-electron chi connectivity index (χ2n) is 8.88. The summed E-state index contributed by atoms with van der Waals surface area (Å²) in [7, 11) is 1.80. The van der Waals surface area contributed by atoms with E-state index in [1.54, 1.807) is 7.05 Å². The van der Waals surface area contributed by atoms with Crippen molar-refractivity contribution in [2.24, 2.45) is 9.98 Å². The molecule has 0 unspecified atom stereocenters. The third-order valence-electron chi connectivity index (χ3n) is 6.46. The van der Waals surface area contributed by atoms with Gasteiger partial charge in [0.2, 0.25) is 0 Å². The van der Waals surface area contributed by atoms with E-state index in [-0.39, 0.29) is 0 Å². The molecule has 0 aliphatic carbocycles. The van der Waals surface area contributed by atoms with E-state index in [4.69, 9.17) is 0 Å². The van der Waals surface area contributed by atoms with Crippen molar-refractivity contribution < 1.29 is 0 Å². The average molecular weight is 477 g/mol. The van der Waals surface area contributed by atoms with Gasteiger partial charge in [-0.15, -0.1) is 0 Å². The predicted octanol–water partition coefficient (Wildman–Crippen LogP) is 4.50. The van der Waals surface area contributed by atoms with Gasteiger partial charge < -0.3 is 20.6 Å². The number of H-pyrrole nitrogens is 2. The van der Waals surface area contributed by atoms with Crippen LogP contribution in [0.4, 0.5) is 0 Å². The van der Waals surface area contributed by atoms with Crippen molar-refractivity contribution in [1.82, 2.24) is 30.6 Å². The summed E-state index contributed by atoms with van der Waals surface area (Å²) in [6.45, 7) is 4.73. The van der Waals surface area contributed by atoms with Crippen LogP contribution in [0, 0.1) is 0 Å². The number of nitrogens with zero attached hydrogens (tertiary/aromatic N) is 4. The Bertz CT molecular complexity index is 1600. The highest BCUT2D eigenvalue weighted by Crippen LogP contribution is 2.27. The fourth-order valence-corrected chi connectivity index (χ4v) is 4.63. The summed E-state index contributed by atoms with van der Waals surface area (Å²) in [6.07, 6.45) is 4.81. The van der Waals surface area contributed by atoms with Crippen LogP contribution in [0.1, 0.15) is 24.5 Å². The zero-order valence-electron chi connectivity index (χ0n) is 20.4. The van der Waals surface area contributed by atoms with Crippen molar-refractivity contribution in [3.8, 4) is 22.8 Å². The predicted molar refractivity (Wildman–Crippen MR) is 147 cm³/mol. The molecule has 180 valence electrons. The first-order chi connectivity index (χ1) is 17.7. The molecule has 36 heavy (non-hydrogen) atoms. The van der Waals surface area contributed by atoms with Gasteiger partial charge >= 0.3 is 0 Å². The first-order valence-electron chi connectivity index (χ1n) is 12.3. The Hall–Kier alpha value is -4.46. The third-order valence-corrected chi connectivity index (χ3v) is 6.46. The van der Waals surface area contributed by atoms with Crippen LogP contribution in [0.5, 0.6) is 0 Å². The maximum atomic E-state index is 4.66. The summed E-state index contributed by atoms with van der Waals surface area (Å²) >= 11 is 0. The fraction of sp³-hybridized carbons (Fsp3) is 0.214. The van der Waals surface area contributed by atoms with Crippen molar-refractivity contribution >= 4 is 33.5 Å². The van der Waals surface area contributed by atoms with Gasteiger partial charge in [0.05, 0.1) is 5.69 Å². The highest BCUT2D eigenvalue weighted by Gasteiger charge is 2.12.